The van der Waals surface area contributed by atoms with E-state index >= 15 is 0 Å². The van der Waals surface area contributed by atoms with E-state index in [1.54, 1.807) is 6.92 Å². The molecular formula is C39H60O6. The van der Waals surface area contributed by atoms with E-state index in [0.717, 1.165) is 51.4 Å². The quantitative estimate of drug-likeness (QED) is 0.319. The van der Waals surface area contributed by atoms with Crippen molar-refractivity contribution in [2.75, 3.05) is 0 Å². The van der Waals surface area contributed by atoms with Crippen LogP contribution in [0.25, 0.3) is 0 Å². The predicted molar refractivity (Wildman–Crippen MR) is 175 cm³/mol. The van der Waals surface area contributed by atoms with E-state index < -0.39 is 11.7 Å². The largest absolute Gasteiger partial charge is 0.462 e. The average molecular weight is 625 g/mol. The Bertz CT molecular complexity index is 1260. The van der Waals surface area contributed by atoms with Gasteiger partial charge in [0.25, 0.3) is 0 Å². The highest BCUT2D eigenvalue weighted by molar-refractivity contribution is 5.66. The van der Waals surface area contributed by atoms with Crippen molar-refractivity contribution in [3.8, 4) is 0 Å². The SMILES string of the molecule is CC(=O)O[C@H]1C[C@]2(C)[C@H](C[C@@H](OCc3ccccc3)[C@@H]3[C@@H]([C@]4(C)CC[C@@H](C(C)(C)O)O4)CC[C@]32C)[C@@]2(C)CC[C@H](O)C(C)(C)[C@@H]12. The molecule has 45 heavy (non-hydrogen) atoms. The van der Waals surface area contributed by atoms with Gasteiger partial charge in [-0.25, -0.2) is 0 Å². The molecule has 12 atom stereocenters. The van der Waals surface area contributed by atoms with Gasteiger partial charge in [-0.2, -0.15) is 0 Å². The van der Waals surface area contributed by atoms with Gasteiger partial charge >= 0.3 is 5.97 Å². The summed E-state index contributed by atoms with van der Waals surface area (Å²) in [5.41, 5.74) is -0.663. The van der Waals surface area contributed by atoms with Gasteiger partial charge in [0.15, 0.2) is 0 Å². The van der Waals surface area contributed by atoms with Crippen LogP contribution >= 0.6 is 0 Å². The minimum absolute atomic E-state index is 0.0557. The molecule has 6 heteroatoms. The highest BCUT2D eigenvalue weighted by Gasteiger charge is 2.74. The van der Waals surface area contributed by atoms with E-state index in [2.05, 4.69) is 71.9 Å². The van der Waals surface area contributed by atoms with Gasteiger partial charge in [0.05, 0.1) is 36.1 Å². The van der Waals surface area contributed by atoms with Crippen molar-refractivity contribution in [1.29, 1.82) is 0 Å². The Morgan fingerprint density at radius 2 is 1.64 bits per heavy atom. The van der Waals surface area contributed by atoms with E-state index in [4.69, 9.17) is 14.2 Å². The molecule has 2 N–H and O–H groups in total. The number of ether oxygens (including phenoxy) is 3. The number of benzene rings is 1. The number of hydrogen-bond donors (Lipinski definition) is 2. The van der Waals surface area contributed by atoms with Crippen molar-refractivity contribution in [2.45, 2.75) is 156 Å². The van der Waals surface area contributed by atoms with Crippen LogP contribution in [-0.2, 0) is 25.6 Å². The van der Waals surface area contributed by atoms with Crippen LogP contribution in [0.15, 0.2) is 30.3 Å². The normalized spacial score (nSPS) is 47.4. The lowest BCUT2D eigenvalue weighted by molar-refractivity contribution is -0.283. The molecule has 6 nitrogen and oxygen atoms in total. The molecule has 6 rings (SSSR count). The molecule has 5 aliphatic rings. The second kappa shape index (κ2) is 11.0. The Balaban J connectivity index is 1.44. The van der Waals surface area contributed by atoms with Gasteiger partial charge in [0, 0.05) is 12.8 Å². The summed E-state index contributed by atoms with van der Waals surface area (Å²) in [5.74, 6) is 0.765. The molecule has 0 aromatic heterocycles. The predicted octanol–water partition coefficient (Wildman–Crippen LogP) is 7.48. The van der Waals surface area contributed by atoms with Crippen molar-refractivity contribution < 1.29 is 29.2 Å². The topological polar surface area (TPSA) is 85.2 Å². The number of esters is 1. The third-order valence-corrected chi connectivity index (χ3v) is 14.7. The summed E-state index contributed by atoms with van der Waals surface area (Å²) >= 11 is 0. The van der Waals surface area contributed by atoms with Crippen LogP contribution in [0.5, 0.6) is 0 Å². The molecule has 1 aromatic carbocycles. The first-order valence-electron chi connectivity index (χ1n) is 17.8. The molecule has 4 aliphatic carbocycles. The van der Waals surface area contributed by atoms with Crippen LogP contribution < -0.4 is 0 Å². The number of hydrogen-bond acceptors (Lipinski definition) is 6. The van der Waals surface area contributed by atoms with Gasteiger partial charge in [-0.1, -0.05) is 65.0 Å². The summed E-state index contributed by atoms with van der Waals surface area (Å²) in [4.78, 5) is 12.7. The van der Waals surface area contributed by atoms with Crippen molar-refractivity contribution in [3.63, 3.8) is 0 Å². The molecule has 1 aromatic rings. The number of aliphatic hydroxyl groups is 2. The van der Waals surface area contributed by atoms with E-state index in [9.17, 15) is 15.0 Å². The van der Waals surface area contributed by atoms with Crippen LogP contribution in [0.1, 0.15) is 119 Å². The van der Waals surface area contributed by atoms with E-state index in [1.807, 2.05) is 13.8 Å². The molecule has 1 saturated heterocycles. The van der Waals surface area contributed by atoms with Gasteiger partial charge < -0.3 is 24.4 Å². The van der Waals surface area contributed by atoms with Crippen LogP contribution in [0.3, 0.4) is 0 Å². The first-order valence-corrected chi connectivity index (χ1v) is 17.8. The van der Waals surface area contributed by atoms with E-state index in [1.165, 1.54) is 5.56 Å². The van der Waals surface area contributed by atoms with Gasteiger partial charge in [0.1, 0.15) is 6.10 Å². The van der Waals surface area contributed by atoms with Crippen molar-refractivity contribution in [1.82, 2.24) is 0 Å². The fraction of sp³-hybridized carbons (Fsp3) is 0.821. The van der Waals surface area contributed by atoms with Crippen molar-refractivity contribution >= 4 is 5.97 Å². The lowest BCUT2D eigenvalue weighted by Gasteiger charge is -2.72. The van der Waals surface area contributed by atoms with Gasteiger partial charge in [0.2, 0.25) is 0 Å². The number of carbonyl (C=O) groups is 1. The summed E-state index contributed by atoms with van der Waals surface area (Å²) in [6.45, 7) is 20.0. The summed E-state index contributed by atoms with van der Waals surface area (Å²) in [7, 11) is 0. The highest BCUT2D eigenvalue weighted by atomic mass is 16.5. The fourth-order valence-electron chi connectivity index (χ4n) is 12.4. The van der Waals surface area contributed by atoms with Crippen LogP contribution in [-0.4, -0.2) is 51.8 Å². The molecule has 0 radical (unpaired) electrons. The zero-order valence-corrected chi connectivity index (χ0v) is 29.4. The number of carbonyl (C=O) groups excluding carboxylic acids is 1. The molecule has 1 aliphatic heterocycles. The Morgan fingerprint density at radius 1 is 0.956 bits per heavy atom. The van der Waals surface area contributed by atoms with Gasteiger partial charge in [-0.15, -0.1) is 0 Å². The monoisotopic (exact) mass is 624 g/mol. The first-order chi connectivity index (χ1) is 20.9. The van der Waals surface area contributed by atoms with Gasteiger partial charge in [-0.3, -0.25) is 4.79 Å². The number of rotatable bonds is 6. The lowest BCUT2D eigenvalue weighted by Crippen LogP contribution is -2.70. The molecule has 0 unspecified atom stereocenters. The maximum atomic E-state index is 12.7. The average Bonchev–Trinajstić information content (AvgIpc) is 3.53. The Morgan fingerprint density at radius 3 is 2.27 bits per heavy atom. The molecule has 252 valence electrons. The Hall–Kier alpha value is -1.47. The number of fused-ring (bicyclic) bond motifs is 5. The second-order valence-electron chi connectivity index (χ2n) is 18.0. The molecule has 0 spiro atoms. The zero-order chi connectivity index (χ0) is 32.8. The molecular weight excluding hydrogens is 564 g/mol. The molecule has 1 heterocycles. The van der Waals surface area contributed by atoms with Crippen LogP contribution in [0, 0.1) is 45.3 Å². The molecule has 5 fully saturated rings. The standard InChI is InChI=1S/C39H60O6/c1-24(40)44-28-22-38(8)29(36(6)18-16-30(41)34(2,3)33(28)36)21-27(43-23-25-13-11-10-12-14-25)32-26(15-19-37(32,38)7)39(9)20-17-31(45-39)35(4,5)42/h10-14,26-33,41-42H,15-23H2,1-9H3/t26-,27+,28-,29+,30-,31-,32-,33+,36+,37+,38+,39-/m0/s1. The zero-order valence-electron chi connectivity index (χ0n) is 29.4. The molecule has 4 saturated carbocycles. The van der Waals surface area contributed by atoms with Crippen LogP contribution in [0.4, 0.5) is 0 Å². The van der Waals surface area contributed by atoms with Gasteiger partial charge in [-0.05, 0) is 117 Å². The van der Waals surface area contributed by atoms with E-state index in [0.29, 0.717) is 18.4 Å². The van der Waals surface area contributed by atoms with Crippen molar-refractivity contribution in [2.24, 2.45) is 45.3 Å². The van der Waals surface area contributed by atoms with Crippen LogP contribution in [0.2, 0.25) is 0 Å². The smallest absolute Gasteiger partial charge is 0.302 e. The van der Waals surface area contributed by atoms with Crippen molar-refractivity contribution in [3.05, 3.63) is 35.9 Å². The second-order valence-corrected chi connectivity index (χ2v) is 18.0. The molecule has 0 bridgehead atoms. The Kier molecular flexibility index (Phi) is 8.20. The molecule has 0 amide bonds. The summed E-state index contributed by atoms with van der Waals surface area (Å²) in [6, 6.07) is 10.5. The maximum Gasteiger partial charge on any atom is 0.302 e. The first kappa shape index (κ1) is 33.4. The summed E-state index contributed by atoms with van der Waals surface area (Å²) < 4.78 is 20.3. The fourth-order valence-corrected chi connectivity index (χ4v) is 12.4. The maximum absolute atomic E-state index is 12.7. The summed E-state index contributed by atoms with van der Waals surface area (Å²) in [5, 5.41) is 22.3. The number of aliphatic hydroxyl groups excluding tert-OH is 1. The Labute approximate surface area is 272 Å². The van der Waals surface area contributed by atoms with E-state index in [-0.39, 0.29) is 63.4 Å². The third kappa shape index (κ3) is 5.14. The lowest BCUT2D eigenvalue weighted by atomic mass is 9.34. The summed E-state index contributed by atoms with van der Waals surface area (Å²) in [6.07, 6.45) is 6.60. The third-order valence-electron chi connectivity index (χ3n) is 14.7. The minimum Gasteiger partial charge on any atom is -0.462 e. The highest BCUT2D eigenvalue weighted by Crippen LogP contribution is 2.76. The minimum atomic E-state index is -0.880.